The van der Waals surface area contributed by atoms with Crippen molar-refractivity contribution in [3.05, 3.63) is 39.0 Å². The van der Waals surface area contributed by atoms with Gasteiger partial charge in [0.15, 0.2) is 11.5 Å². The summed E-state index contributed by atoms with van der Waals surface area (Å²) in [7, 11) is 4.77. The van der Waals surface area contributed by atoms with Gasteiger partial charge in [0.05, 0.1) is 27.4 Å². The molecular weight excluding hydrogens is 298 g/mol. The molecule has 1 heterocycles. The molecule has 2 aromatic rings. The Kier molecular flexibility index (Phi) is 4.75. The van der Waals surface area contributed by atoms with E-state index in [2.05, 4.69) is 0 Å². The molecule has 0 bridgehead atoms. The van der Waals surface area contributed by atoms with Crippen LogP contribution in [0.3, 0.4) is 0 Å². The van der Waals surface area contributed by atoms with Crippen molar-refractivity contribution in [2.75, 3.05) is 21.3 Å². The van der Waals surface area contributed by atoms with Crippen molar-refractivity contribution in [1.82, 2.24) is 0 Å². The average molecular weight is 314 g/mol. The molecule has 0 radical (unpaired) electrons. The summed E-state index contributed by atoms with van der Waals surface area (Å²) in [4.78, 5) is 0.968. The molecule has 2 N–H and O–H groups in total. The number of halogens is 1. The van der Waals surface area contributed by atoms with Gasteiger partial charge >= 0.3 is 0 Å². The third kappa shape index (κ3) is 2.85. The summed E-state index contributed by atoms with van der Waals surface area (Å²) in [6, 6.07) is 5.08. The Balaban J connectivity index is 2.40. The minimum atomic E-state index is -0.337. The lowest BCUT2D eigenvalue weighted by Crippen LogP contribution is -2.11. The first-order valence-corrected chi connectivity index (χ1v) is 7.15. The van der Waals surface area contributed by atoms with Gasteiger partial charge in [0.1, 0.15) is 5.75 Å². The monoisotopic (exact) mass is 313 g/mol. The predicted octanol–water partition coefficient (Wildman–Crippen LogP) is 3.48. The average Bonchev–Trinajstić information content (AvgIpc) is 2.95. The fourth-order valence-electron chi connectivity index (χ4n) is 1.87. The quantitative estimate of drug-likeness (QED) is 0.918. The lowest BCUT2D eigenvalue weighted by atomic mass is 10.1. The zero-order valence-electron chi connectivity index (χ0n) is 11.5. The molecule has 0 saturated carbocycles. The van der Waals surface area contributed by atoms with E-state index in [0.717, 1.165) is 16.2 Å². The second kappa shape index (κ2) is 6.35. The zero-order valence-corrected chi connectivity index (χ0v) is 13.0. The maximum absolute atomic E-state index is 6.28. The number of rotatable bonds is 5. The van der Waals surface area contributed by atoms with E-state index in [9.17, 15) is 0 Å². The molecule has 0 amide bonds. The van der Waals surface area contributed by atoms with Gasteiger partial charge in [0.25, 0.3) is 0 Å². The topological polar surface area (TPSA) is 53.7 Å². The Hall–Kier alpha value is -1.43. The molecule has 0 aliphatic heterocycles. The molecule has 20 heavy (non-hydrogen) atoms. The van der Waals surface area contributed by atoms with Crippen molar-refractivity contribution in [2.45, 2.75) is 6.04 Å². The second-order valence-corrected chi connectivity index (χ2v) is 5.45. The lowest BCUT2D eigenvalue weighted by Gasteiger charge is -2.15. The van der Waals surface area contributed by atoms with Crippen LogP contribution in [0, 0.1) is 0 Å². The van der Waals surface area contributed by atoms with E-state index < -0.39 is 0 Å². The molecule has 6 heteroatoms. The molecule has 1 atom stereocenters. The van der Waals surface area contributed by atoms with E-state index in [0.29, 0.717) is 16.5 Å². The van der Waals surface area contributed by atoms with Crippen molar-refractivity contribution in [3.63, 3.8) is 0 Å². The Morgan fingerprint density at radius 2 is 1.70 bits per heavy atom. The molecule has 0 aliphatic rings. The van der Waals surface area contributed by atoms with Crippen LogP contribution in [0.5, 0.6) is 17.2 Å². The van der Waals surface area contributed by atoms with Crippen LogP contribution >= 0.6 is 22.9 Å². The standard InChI is InChI=1S/C14H16ClNO3S/c1-17-8-4-13(20-7-8)14(16)9-5-11(18-2)12(19-3)6-10(9)15/h4-7,14H,16H2,1-3H3. The van der Waals surface area contributed by atoms with Crippen molar-refractivity contribution < 1.29 is 14.2 Å². The molecule has 0 saturated heterocycles. The maximum Gasteiger partial charge on any atom is 0.162 e. The summed E-state index contributed by atoms with van der Waals surface area (Å²) in [5.74, 6) is 1.97. The Morgan fingerprint density at radius 1 is 1.05 bits per heavy atom. The highest BCUT2D eigenvalue weighted by molar-refractivity contribution is 7.10. The maximum atomic E-state index is 6.28. The number of hydrogen-bond donors (Lipinski definition) is 1. The molecule has 108 valence electrons. The largest absolute Gasteiger partial charge is 0.496 e. The van der Waals surface area contributed by atoms with Crippen molar-refractivity contribution in [1.29, 1.82) is 0 Å². The van der Waals surface area contributed by atoms with Crippen LogP contribution in [-0.4, -0.2) is 21.3 Å². The van der Waals surface area contributed by atoms with E-state index in [1.165, 1.54) is 11.3 Å². The fourth-order valence-corrected chi connectivity index (χ4v) is 3.01. The summed E-state index contributed by atoms with van der Waals surface area (Å²) in [5.41, 5.74) is 7.06. The van der Waals surface area contributed by atoms with Gasteiger partial charge in [0, 0.05) is 21.3 Å². The summed E-state index contributed by atoms with van der Waals surface area (Å²) < 4.78 is 15.7. The predicted molar refractivity (Wildman–Crippen MR) is 81.5 cm³/mol. The molecule has 0 aliphatic carbocycles. The molecule has 1 aromatic carbocycles. The summed E-state index contributed by atoms with van der Waals surface area (Å²) in [5, 5.41) is 2.45. The van der Waals surface area contributed by atoms with Crippen LogP contribution in [0.15, 0.2) is 23.6 Å². The number of hydrogen-bond acceptors (Lipinski definition) is 5. The van der Waals surface area contributed by atoms with Gasteiger partial charge in [-0.1, -0.05) is 11.6 Å². The molecule has 2 rings (SSSR count). The van der Waals surface area contributed by atoms with E-state index in [-0.39, 0.29) is 6.04 Å². The minimum Gasteiger partial charge on any atom is -0.496 e. The van der Waals surface area contributed by atoms with Crippen molar-refractivity contribution >= 4 is 22.9 Å². The Labute approximate surface area is 127 Å². The minimum absolute atomic E-state index is 0.337. The number of thiophene rings is 1. The highest BCUT2D eigenvalue weighted by Gasteiger charge is 2.18. The number of benzene rings is 1. The summed E-state index contributed by atoms with van der Waals surface area (Å²) in [6.07, 6.45) is 0. The molecule has 1 aromatic heterocycles. The number of methoxy groups -OCH3 is 3. The van der Waals surface area contributed by atoms with Crippen LogP contribution < -0.4 is 19.9 Å². The third-order valence-corrected chi connectivity index (χ3v) is 4.30. The SMILES string of the molecule is COc1csc(C(N)c2cc(OC)c(OC)cc2Cl)c1. The first-order chi connectivity index (χ1) is 9.60. The molecule has 0 fully saturated rings. The molecule has 1 unspecified atom stereocenters. The van der Waals surface area contributed by atoms with Crippen molar-refractivity contribution in [3.8, 4) is 17.2 Å². The van der Waals surface area contributed by atoms with E-state index >= 15 is 0 Å². The van der Waals surface area contributed by atoms with Gasteiger partial charge < -0.3 is 19.9 Å². The van der Waals surface area contributed by atoms with Gasteiger partial charge in [-0.15, -0.1) is 11.3 Å². The summed E-state index contributed by atoms with van der Waals surface area (Å²) >= 11 is 7.81. The second-order valence-electron chi connectivity index (χ2n) is 4.10. The fraction of sp³-hybridized carbons (Fsp3) is 0.286. The first-order valence-electron chi connectivity index (χ1n) is 5.90. The zero-order chi connectivity index (χ0) is 14.7. The normalized spacial score (nSPS) is 12.1. The highest BCUT2D eigenvalue weighted by Crippen LogP contribution is 2.38. The van der Waals surface area contributed by atoms with E-state index in [4.69, 9.17) is 31.5 Å². The molecule has 4 nitrogen and oxygen atoms in total. The van der Waals surface area contributed by atoms with Crippen LogP contribution in [0.1, 0.15) is 16.5 Å². The van der Waals surface area contributed by atoms with Crippen LogP contribution in [0.4, 0.5) is 0 Å². The molecular formula is C14H16ClNO3S. The van der Waals surface area contributed by atoms with E-state index in [1.54, 1.807) is 33.5 Å². The Bertz CT molecular complexity index is 600. The van der Waals surface area contributed by atoms with Crippen LogP contribution in [0.25, 0.3) is 0 Å². The number of nitrogens with two attached hydrogens (primary N) is 1. The summed E-state index contributed by atoms with van der Waals surface area (Å²) in [6.45, 7) is 0. The number of ether oxygens (including phenoxy) is 3. The van der Waals surface area contributed by atoms with Gasteiger partial charge in [-0.2, -0.15) is 0 Å². The highest BCUT2D eigenvalue weighted by atomic mass is 35.5. The van der Waals surface area contributed by atoms with Crippen LogP contribution in [0.2, 0.25) is 5.02 Å². The van der Waals surface area contributed by atoms with Crippen molar-refractivity contribution in [2.24, 2.45) is 5.73 Å². The smallest absolute Gasteiger partial charge is 0.162 e. The van der Waals surface area contributed by atoms with E-state index in [1.807, 2.05) is 11.4 Å². The lowest BCUT2D eigenvalue weighted by molar-refractivity contribution is 0.354. The first kappa shape index (κ1) is 15.0. The van der Waals surface area contributed by atoms with Crippen LogP contribution in [-0.2, 0) is 0 Å². The Morgan fingerprint density at radius 3 is 2.25 bits per heavy atom. The molecule has 0 spiro atoms. The van der Waals surface area contributed by atoms with Gasteiger partial charge in [-0.05, 0) is 17.7 Å². The van der Waals surface area contributed by atoms with Gasteiger partial charge in [0.2, 0.25) is 0 Å². The van der Waals surface area contributed by atoms with Gasteiger partial charge in [-0.3, -0.25) is 0 Å². The van der Waals surface area contributed by atoms with Gasteiger partial charge in [-0.25, -0.2) is 0 Å². The third-order valence-electron chi connectivity index (χ3n) is 2.98.